The maximum absolute atomic E-state index is 11.7. The zero-order chi connectivity index (χ0) is 15.0. The third kappa shape index (κ3) is 4.30. The van der Waals surface area contributed by atoms with Crippen molar-refractivity contribution in [2.75, 3.05) is 13.7 Å². The first-order chi connectivity index (χ1) is 9.65. The third-order valence-electron chi connectivity index (χ3n) is 2.74. The summed E-state index contributed by atoms with van der Waals surface area (Å²) >= 11 is 0. The van der Waals surface area contributed by atoms with Crippen molar-refractivity contribution >= 4 is 12.0 Å². The molecule has 4 nitrogen and oxygen atoms in total. The Bertz CT molecular complexity index is 466. The molecule has 1 aromatic carbocycles. The maximum Gasteiger partial charge on any atom is 0.347 e. The summed E-state index contributed by atoms with van der Waals surface area (Å²) in [4.78, 5) is 11.7. The highest BCUT2D eigenvalue weighted by atomic mass is 16.6. The van der Waals surface area contributed by atoms with Crippen LogP contribution in [0.2, 0.25) is 0 Å². The predicted molar refractivity (Wildman–Crippen MR) is 79.0 cm³/mol. The second kappa shape index (κ2) is 8.25. The van der Waals surface area contributed by atoms with Gasteiger partial charge < -0.3 is 14.2 Å². The van der Waals surface area contributed by atoms with Crippen molar-refractivity contribution in [3.8, 4) is 11.5 Å². The van der Waals surface area contributed by atoms with Gasteiger partial charge in [-0.2, -0.15) is 0 Å². The Balaban J connectivity index is 2.92. The first kappa shape index (κ1) is 16.1. The van der Waals surface area contributed by atoms with Crippen LogP contribution >= 0.6 is 0 Å². The number of carbonyl (C=O) groups excluding carboxylic acids is 1. The van der Waals surface area contributed by atoms with E-state index in [4.69, 9.17) is 14.2 Å². The van der Waals surface area contributed by atoms with E-state index in [0.717, 1.165) is 5.56 Å². The molecular weight excluding hydrogens is 256 g/mol. The summed E-state index contributed by atoms with van der Waals surface area (Å²) in [5.41, 5.74) is 1.01. The van der Waals surface area contributed by atoms with Crippen molar-refractivity contribution in [3.63, 3.8) is 0 Å². The number of carbonyl (C=O) groups is 1. The fourth-order valence-corrected chi connectivity index (χ4v) is 1.76. The van der Waals surface area contributed by atoms with E-state index in [1.807, 2.05) is 38.1 Å². The Labute approximate surface area is 120 Å². The number of ether oxygens (including phenoxy) is 3. The molecule has 0 radical (unpaired) electrons. The molecule has 4 heteroatoms. The number of hydrogen-bond donors (Lipinski definition) is 0. The maximum atomic E-state index is 11.7. The topological polar surface area (TPSA) is 44.8 Å². The van der Waals surface area contributed by atoms with E-state index in [1.54, 1.807) is 20.1 Å². The molecule has 0 aliphatic rings. The number of rotatable bonds is 7. The van der Waals surface area contributed by atoms with Crippen LogP contribution in [0, 0.1) is 0 Å². The van der Waals surface area contributed by atoms with E-state index in [9.17, 15) is 4.79 Å². The SMILES string of the molecule is CC=Cc1ccc(OC(CC)C(=O)OCC)c(OC)c1. The van der Waals surface area contributed by atoms with Gasteiger partial charge in [-0.25, -0.2) is 4.79 Å². The molecule has 1 unspecified atom stereocenters. The molecule has 0 amide bonds. The van der Waals surface area contributed by atoms with Crippen LogP contribution in [0.4, 0.5) is 0 Å². The molecule has 1 rings (SSSR count). The second-order valence-corrected chi connectivity index (χ2v) is 4.18. The van der Waals surface area contributed by atoms with Crippen LogP contribution in [0.15, 0.2) is 24.3 Å². The van der Waals surface area contributed by atoms with Crippen LogP contribution in [0.25, 0.3) is 6.08 Å². The summed E-state index contributed by atoms with van der Waals surface area (Å²) in [5.74, 6) is 0.790. The van der Waals surface area contributed by atoms with Gasteiger partial charge in [0.1, 0.15) is 0 Å². The summed E-state index contributed by atoms with van der Waals surface area (Å²) in [6.45, 7) is 5.94. The van der Waals surface area contributed by atoms with Crippen molar-refractivity contribution in [1.82, 2.24) is 0 Å². The summed E-state index contributed by atoms with van der Waals surface area (Å²) < 4.78 is 16.0. The van der Waals surface area contributed by atoms with Gasteiger partial charge in [0, 0.05) is 0 Å². The van der Waals surface area contributed by atoms with Crippen LogP contribution in [-0.4, -0.2) is 25.8 Å². The number of allylic oxidation sites excluding steroid dienone is 1. The Morgan fingerprint density at radius 1 is 1.30 bits per heavy atom. The highest BCUT2D eigenvalue weighted by Crippen LogP contribution is 2.30. The van der Waals surface area contributed by atoms with Crippen molar-refractivity contribution in [2.45, 2.75) is 33.3 Å². The Hall–Kier alpha value is -1.97. The van der Waals surface area contributed by atoms with Crippen molar-refractivity contribution in [1.29, 1.82) is 0 Å². The summed E-state index contributed by atoms with van der Waals surface area (Å²) in [7, 11) is 1.58. The molecule has 0 heterocycles. The monoisotopic (exact) mass is 278 g/mol. The molecular formula is C16H22O4. The van der Waals surface area contributed by atoms with Gasteiger partial charge in [0.15, 0.2) is 17.6 Å². The highest BCUT2D eigenvalue weighted by molar-refractivity contribution is 5.75. The van der Waals surface area contributed by atoms with Crippen LogP contribution in [0.3, 0.4) is 0 Å². The van der Waals surface area contributed by atoms with Crippen molar-refractivity contribution in [2.24, 2.45) is 0 Å². The molecule has 0 aromatic heterocycles. The second-order valence-electron chi connectivity index (χ2n) is 4.18. The van der Waals surface area contributed by atoms with Crippen LogP contribution in [0.1, 0.15) is 32.8 Å². The van der Waals surface area contributed by atoms with E-state index in [0.29, 0.717) is 24.5 Å². The standard InChI is InChI=1S/C16H22O4/c1-5-8-12-9-10-14(15(11-12)18-4)20-13(6-2)16(17)19-7-3/h5,8-11,13H,6-7H2,1-4H3. The molecule has 0 fully saturated rings. The van der Waals surface area contributed by atoms with Gasteiger partial charge in [-0.1, -0.05) is 25.1 Å². The lowest BCUT2D eigenvalue weighted by atomic mass is 10.2. The summed E-state index contributed by atoms with van der Waals surface area (Å²) in [5, 5.41) is 0. The van der Waals surface area contributed by atoms with E-state index in [-0.39, 0.29) is 5.97 Å². The third-order valence-corrected chi connectivity index (χ3v) is 2.74. The minimum Gasteiger partial charge on any atom is -0.493 e. The fourth-order valence-electron chi connectivity index (χ4n) is 1.76. The molecule has 0 bridgehead atoms. The van der Waals surface area contributed by atoms with Gasteiger partial charge in [-0.15, -0.1) is 0 Å². The van der Waals surface area contributed by atoms with Gasteiger partial charge in [0.25, 0.3) is 0 Å². The largest absolute Gasteiger partial charge is 0.493 e. The average molecular weight is 278 g/mol. The van der Waals surface area contributed by atoms with E-state index in [2.05, 4.69) is 0 Å². The van der Waals surface area contributed by atoms with E-state index < -0.39 is 6.10 Å². The van der Waals surface area contributed by atoms with Crippen LogP contribution < -0.4 is 9.47 Å². The van der Waals surface area contributed by atoms with Gasteiger partial charge in [0.05, 0.1) is 13.7 Å². The molecule has 0 saturated heterocycles. The number of methoxy groups -OCH3 is 1. The number of esters is 1. The smallest absolute Gasteiger partial charge is 0.347 e. The molecule has 0 spiro atoms. The van der Waals surface area contributed by atoms with Gasteiger partial charge in [-0.3, -0.25) is 0 Å². The lowest BCUT2D eigenvalue weighted by Gasteiger charge is -2.18. The molecule has 0 aliphatic carbocycles. The summed E-state index contributed by atoms with van der Waals surface area (Å²) in [6.07, 6.45) is 3.84. The highest BCUT2D eigenvalue weighted by Gasteiger charge is 2.21. The number of benzene rings is 1. The first-order valence-electron chi connectivity index (χ1n) is 6.80. The molecule has 1 atom stereocenters. The van der Waals surface area contributed by atoms with Crippen molar-refractivity contribution < 1.29 is 19.0 Å². The Morgan fingerprint density at radius 3 is 2.60 bits per heavy atom. The molecule has 0 N–H and O–H groups in total. The van der Waals surface area contributed by atoms with Gasteiger partial charge in [-0.05, 0) is 38.0 Å². The summed E-state index contributed by atoms with van der Waals surface area (Å²) in [6, 6.07) is 5.58. The first-order valence-corrected chi connectivity index (χ1v) is 6.80. The van der Waals surface area contributed by atoms with Gasteiger partial charge >= 0.3 is 5.97 Å². The van der Waals surface area contributed by atoms with E-state index in [1.165, 1.54) is 0 Å². The predicted octanol–water partition coefficient (Wildman–Crippen LogP) is 3.45. The molecule has 20 heavy (non-hydrogen) atoms. The quantitative estimate of drug-likeness (QED) is 0.717. The minimum atomic E-state index is -0.614. The number of hydrogen-bond acceptors (Lipinski definition) is 4. The fraction of sp³-hybridized carbons (Fsp3) is 0.438. The molecule has 1 aromatic rings. The lowest BCUT2D eigenvalue weighted by Crippen LogP contribution is -2.28. The van der Waals surface area contributed by atoms with Crippen LogP contribution in [0.5, 0.6) is 11.5 Å². The Morgan fingerprint density at radius 2 is 2.05 bits per heavy atom. The normalized spacial score (nSPS) is 12.2. The molecule has 0 saturated carbocycles. The van der Waals surface area contributed by atoms with E-state index >= 15 is 0 Å². The average Bonchev–Trinajstić information content (AvgIpc) is 2.46. The lowest BCUT2D eigenvalue weighted by molar-refractivity contribution is -0.151. The van der Waals surface area contributed by atoms with Gasteiger partial charge in [0.2, 0.25) is 0 Å². The molecule has 0 aliphatic heterocycles. The van der Waals surface area contributed by atoms with Crippen LogP contribution in [-0.2, 0) is 9.53 Å². The minimum absolute atomic E-state index is 0.343. The van der Waals surface area contributed by atoms with Crippen molar-refractivity contribution in [3.05, 3.63) is 29.8 Å². The molecule has 110 valence electrons. The zero-order valence-electron chi connectivity index (χ0n) is 12.5. The Kier molecular flexibility index (Phi) is 6.64. The zero-order valence-corrected chi connectivity index (χ0v) is 12.5.